The molecule has 0 aromatic heterocycles. The average molecular weight is 494 g/mol. The summed E-state index contributed by atoms with van der Waals surface area (Å²) in [6.45, 7) is 8.99. The smallest absolute Gasteiger partial charge is 0.166 e. The second kappa shape index (κ2) is 9.18. The van der Waals surface area contributed by atoms with Gasteiger partial charge >= 0.3 is 0 Å². The molecule has 196 valence electrons. The van der Waals surface area contributed by atoms with E-state index in [0.717, 1.165) is 61.8 Å². The number of allylic oxidation sites excluding steroid dienone is 3. The molecule has 5 aliphatic rings. The first kappa shape index (κ1) is 24.5. The van der Waals surface area contributed by atoms with E-state index in [4.69, 9.17) is 9.47 Å². The minimum atomic E-state index is -0.864. The maximum absolute atomic E-state index is 12.5. The standard InChI is InChI=1S/C31H43NO4/c1-20(2)6-4-7-21(3)13-17-35-25-11-10-23-18-26-31(34)14-12-24(33)29-30(31,27(23)28(25)36-29)15-16-32(26)19-22-8-5-9-22/h6,10-11,13,22,24,26,29,33-34H,4-5,7-9,12,14-19H2,1-3H3. The largest absolute Gasteiger partial charge is 0.486 e. The monoisotopic (exact) mass is 493 g/mol. The number of aliphatic hydroxyl groups excluding tert-OH is 1. The first-order chi connectivity index (χ1) is 17.3. The summed E-state index contributed by atoms with van der Waals surface area (Å²) in [5.74, 6) is 2.30. The van der Waals surface area contributed by atoms with Crippen LogP contribution in [0.1, 0.15) is 83.3 Å². The summed E-state index contributed by atoms with van der Waals surface area (Å²) in [6.07, 6.45) is 12.5. The van der Waals surface area contributed by atoms with E-state index in [2.05, 4.69) is 50.0 Å². The quantitative estimate of drug-likeness (QED) is 0.495. The van der Waals surface area contributed by atoms with Crippen molar-refractivity contribution in [1.29, 1.82) is 0 Å². The van der Waals surface area contributed by atoms with E-state index >= 15 is 0 Å². The van der Waals surface area contributed by atoms with E-state index < -0.39 is 23.2 Å². The Morgan fingerprint density at radius 1 is 1.17 bits per heavy atom. The van der Waals surface area contributed by atoms with Crippen molar-refractivity contribution in [2.45, 2.75) is 108 Å². The van der Waals surface area contributed by atoms with Crippen molar-refractivity contribution in [1.82, 2.24) is 4.90 Å². The lowest BCUT2D eigenvalue weighted by Gasteiger charge is -2.64. The van der Waals surface area contributed by atoms with Crippen LogP contribution in [0.2, 0.25) is 0 Å². The van der Waals surface area contributed by atoms with Gasteiger partial charge < -0.3 is 19.7 Å². The lowest BCUT2D eigenvalue weighted by atomic mass is 9.48. The lowest BCUT2D eigenvalue weighted by molar-refractivity contribution is -0.209. The number of rotatable bonds is 8. The van der Waals surface area contributed by atoms with Gasteiger partial charge in [-0.1, -0.05) is 29.7 Å². The van der Waals surface area contributed by atoms with Crippen molar-refractivity contribution in [3.8, 4) is 11.5 Å². The Balaban J connectivity index is 1.29. The predicted molar refractivity (Wildman–Crippen MR) is 142 cm³/mol. The van der Waals surface area contributed by atoms with E-state index in [1.807, 2.05) is 0 Å². The van der Waals surface area contributed by atoms with Crippen LogP contribution in [-0.2, 0) is 11.8 Å². The molecule has 5 nitrogen and oxygen atoms in total. The molecular weight excluding hydrogens is 450 g/mol. The van der Waals surface area contributed by atoms with E-state index in [0.29, 0.717) is 19.4 Å². The molecule has 2 N–H and O–H groups in total. The molecule has 2 saturated carbocycles. The van der Waals surface area contributed by atoms with Crippen molar-refractivity contribution in [2.24, 2.45) is 5.92 Å². The molecule has 2 aliphatic heterocycles. The van der Waals surface area contributed by atoms with Gasteiger partial charge in [-0.05, 0) is 102 Å². The fourth-order valence-electron chi connectivity index (χ4n) is 7.90. The second-order valence-electron chi connectivity index (χ2n) is 12.4. The van der Waals surface area contributed by atoms with Crippen LogP contribution in [0.3, 0.4) is 0 Å². The molecule has 1 aromatic carbocycles. The highest BCUT2D eigenvalue weighted by molar-refractivity contribution is 5.63. The summed E-state index contributed by atoms with van der Waals surface area (Å²) in [5.41, 5.74) is 3.68. The highest BCUT2D eigenvalue weighted by atomic mass is 16.5. The number of hydrogen-bond acceptors (Lipinski definition) is 5. The van der Waals surface area contributed by atoms with Gasteiger partial charge in [0.25, 0.3) is 0 Å². The lowest BCUT2D eigenvalue weighted by Crippen LogP contribution is -2.77. The van der Waals surface area contributed by atoms with Gasteiger partial charge in [0.15, 0.2) is 11.5 Å². The summed E-state index contributed by atoms with van der Waals surface area (Å²) in [5, 5.41) is 23.6. The third kappa shape index (κ3) is 3.68. The fourth-order valence-corrected chi connectivity index (χ4v) is 7.90. The van der Waals surface area contributed by atoms with Crippen LogP contribution in [0.4, 0.5) is 0 Å². The van der Waals surface area contributed by atoms with Crippen LogP contribution in [0, 0.1) is 5.92 Å². The van der Waals surface area contributed by atoms with Gasteiger partial charge in [0.1, 0.15) is 12.7 Å². The zero-order valence-electron chi connectivity index (χ0n) is 22.3. The maximum atomic E-state index is 12.5. The summed E-state index contributed by atoms with van der Waals surface area (Å²) in [6, 6.07) is 4.35. The molecule has 2 bridgehead atoms. The highest BCUT2D eigenvalue weighted by Crippen LogP contribution is 2.65. The summed E-state index contributed by atoms with van der Waals surface area (Å²) < 4.78 is 12.9. The number of ether oxygens (including phenoxy) is 2. The molecule has 0 radical (unpaired) electrons. The van der Waals surface area contributed by atoms with Crippen LogP contribution < -0.4 is 9.47 Å². The van der Waals surface area contributed by atoms with Crippen LogP contribution >= 0.6 is 0 Å². The number of aliphatic hydroxyl groups is 2. The number of piperidine rings is 1. The number of likely N-dealkylation sites (tertiary alicyclic amines) is 1. The summed E-state index contributed by atoms with van der Waals surface area (Å²) in [7, 11) is 0. The first-order valence-corrected chi connectivity index (χ1v) is 14.2. The van der Waals surface area contributed by atoms with Gasteiger partial charge in [-0.2, -0.15) is 0 Å². The number of benzene rings is 1. The Morgan fingerprint density at radius 3 is 2.75 bits per heavy atom. The Morgan fingerprint density at radius 2 is 2.00 bits per heavy atom. The van der Waals surface area contributed by atoms with Crippen molar-refractivity contribution in [3.63, 3.8) is 0 Å². The third-order valence-electron chi connectivity index (χ3n) is 10.0. The molecule has 36 heavy (non-hydrogen) atoms. The van der Waals surface area contributed by atoms with Crippen molar-refractivity contribution in [3.05, 3.63) is 46.6 Å². The van der Waals surface area contributed by atoms with Crippen LogP contribution in [0.15, 0.2) is 35.4 Å². The molecule has 3 aliphatic carbocycles. The van der Waals surface area contributed by atoms with Crippen LogP contribution in [0.5, 0.6) is 11.5 Å². The maximum Gasteiger partial charge on any atom is 0.166 e. The third-order valence-corrected chi connectivity index (χ3v) is 10.0. The van der Waals surface area contributed by atoms with E-state index in [-0.39, 0.29) is 6.04 Å². The summed E-state index contributed by atoms with van der Waals surface area (Å²) >= 11 is 0. The molecule has 3 fully saturated rings. The van der Waals surface area contributed by atoms with Crippen LogP contribution in [-0.4, -0.2) is 58.7 Å². The highest BCUT2D eigenvalue weighted by Gasteiger charge is 2.72. The molecule has 1 spiro atoms. The van der Waals surface area contributed by atoms with Crippen molar-refractivity contribution in [2.75, 3.05) is 19.7 Å². The van der Waals surface area contributed by atoms with Crippen LogP contribution in [0.25, 0.3) is 0 Å². The Kier molecular flexibility index (Phi) is 6.25. The molecule has 1 saturated heterocycles. The Hall–Kier alpha value is -1.82. The van der Waals surface area contributed by atoms with E-state index in [9.17, 15) is 10.2 Å². The zero-order chi connectivity index (χ0) is 25.1. The van der Waals surface area contributed by atoms with E-state index in [1.54, 1.807) is 0 Å². The van der Waals surface area contributed by atoms with Gasteiger partial charge in [-0.3, -0.25) is 4.90 Å². The van der Waals surface area contributed by atoms with Crippen molar-refractivity contribution >= 4 is 0 Å². The average Bonchev–Trinajstić information content (AvgIpc) is 3.16. The SMILES string of the molecule is CC(C)=CCCC(C)=CCOc1ccc2c3c1OC1C(O)CCC4(O)C(C2)N(CC2CCC2)CCC314. The molecule has 5 unspecified atom stereocenters. The minimum absolute atomic E-state index is 0.0991. The van der Waals surface area contributed by atoms with Crippen molar-refractivity contribution < 1.29 is 19.7 Å². The molecule has 5 heteroatoms. The number of hydrogen-bond donors (Lipinski definition) is 2. The molecule has 2 heterocycles. The summed E-state index contributed by atoms with van der Waals surface area (Å²) in [4.78, 5) is 2.58. The van der Waals surface area contributed by atoms with Gasteiger partial charge in [0.05, 0.1) is 17.1 Å². The van der Waals surface area contributed by atoms with Gasteiger partial charge in [-0.15, -0.1) is 0 Å². The molecule has 5 atom stereocenters. The molecule has 6 rings (SSSR count). The molecule has 1 aromatic rings. The number of nitrogens with zero attached hydrogens (tertiary/aromatic N) is 1. The predicted octanol–water partition coefficient (Wildman–Crippen LogP) is 5.07. The first-order valence-electron chi connectivity index (χ1n) is 14.2. The Bertz CT molecular complexity index is 1070. The minimum Gasteiger partial charge on any atom is -0.486 e. The Labute approximate surface area is 216 Å². The molecule has 0 amide bonds. The zero-order valence-corrected chi connectivity index (χ0v) is 22.3. The van der Waals surface area contributed by atoms with Gasteiger partial charge in [0, 0.05) is 18.2 Å². The topological polar surface area (TPSA) is 62.2 Å². The molecular formula is C31H43NO4. The fraction of sp³-hybridized carbons (Fsp3) is 0.677. The van der Waals surface area contributed by atoms with Gasteiger partial charge in [0.2, 0.25) is 0 Å². The van der Waals surface area contributed by atoms with Gasteiger partial charge in [-0.25, -0.2) is 0 Å². The van der Waals surface area contributed by atoms with E-state index in [1.165, 1.54) is 36.0 Å². The normalized spacial score (nSPS) is 35.0. The second-order valence-corrected chi connectivity index (χ2v) is 12.4.